The Morgan fingerprint density at radius 3 is 2.86 bits per heavy atom. The summed E-state index contributed by atoms with van der Waals surface area (Å²) in [5.74, 6) is -0.0830. The summed E-state index contributed by atoms with van der Waals surface area (Å²) in [6.45, 7) is 4.27. The average Bonchev–Trinajstić information content (AvgIpc) is 2.99. The van der Waals surface area contributed by atoms with Crippen molar-refractivity contribution in [3.05, 3.63) is 44.2 Å². The summed E-state index contributed by atoms with van der Waals surface area (Å²) in [7, 11) is 0. The number of amides is 1. The molecule has 3 rings (SSSR count). The molecule has 8 heteroatoms. The Morgan fingerprint density at radius 2 is 2.11 bits per heavy atom. The van der Waals surface area contributed by atoms with Crippen LogP contribution in [0.3, 0.4) is 0 Å². The second-order valence-electron chi connectivity index (χ2n) is 6.78. The van der Waals surface area contributed by atoms with E-state index in [2.05, 4.69) is 17.6 Å². The lowest BCUT2D eigenvalue weighted by molar-refractivity contribution is -0.114. The van der Waals surface area contributed by atoms with Gasteiger partial charge in [-0.05, 0) is 49.8 Å². The van der Waals surface area contributed by atoms with E-state index in [1.807, 2.05) is 0 Å². The fourth-order valence-electron chi connectivity index (χ4n) is 3.24. The van der Waals surface area contributed by atoms with Gasteiger partial charge in [0.15, 0.2) is 0 Å². The van der Waals surface area contributed by atoms with Crippen molar-refractivity contribution in [1.82, 2.24) is 0 Å². The Labute approximate surface area is 178 Å². The molecule has 1 aliphatic rings. The molecule has 1 aromatic carbocycles. The molecule has 1 heterocycles. The third-order valence-corrected chi connectivity index (χ3v) is 6.62. The van der Waals surface area contributed by atoms with Crippen LogP contribution in [0, 0.1) is 5.92 Å². The van der Waals surface area contributed by atoms with E-state index in [0.717, 1.165) is 29.7 Å². The van der Waals surface area contributed by atoms with Crippen molar-refractivity contribution >= 4 is 57.1 Å². The molecular formula is C20H22Cl2N2O3S. The minimum Gasteiger partial charge on any atom is -0.462 e. The molecule has 150 valence electrons. The molecule has 28 heavy (non-hydrogen) atoms. The van der Waals surface area contributed by atoms with Gasteiger partial charge in [-0.1, -0.05) is 36.2 Å². The molecule has 1 atom stereocenters. The SMILES string of the molecule is CCOC(=O)c1c(NC(=O)CNc2cccc(Cl)c2Cl)sc2c1CCC(C)C2. The maximum absolute atomic E-state index is 12.5. The van der Waals surface area contributed by atoms with Gasteiger partial charge in [-0.2, -0.15) is 0 Å². The van der Waals surface area contributed by atoms with Crippen molar-refractivity contribution in [2.75, 3.05) is 23.8 Å². The number of thiophene rings is 1. The Morgan fingerprint density at radius 1 is 1.32 bits per heavy atom. The predicted molar refractivity (Wildman–Crippen MR) is 115 cm³/mol. The van der Waals surface area contributed by atoms with E-state index in [9.17, 15) is 9.59 Å². The molecular weight excluding hydrogens is 419 g/mol. The number of rotatable bonds is 6. The summed E-state index contributed by atoms with van der Waals surface area (Å²) in [5, 5.41) is 7.18. The Kier molecular flexibility index (Phi) is 6.86. The summed E-state index contributed by atoms with van der Waals surface area (Å²) in [6.07, 6.45) is 2.77. The number of carbonyl (C=O) groups is 2. The lowest BCUT2D eigenvalue weighted by atomic mass is 9.88. The van der Waals surface area contributed by atoms with Crippen LogP contribution in [0.25, 0.3) is 0 Å². The number of anilines is 2. The molecule has 1 amide bonds. The van der Waals surface area contributed by atoms with Crippen LogP contribution in [0.15, 0.2) is 18.2 Å². The molecule has 0 aliphatic heterocycles. The van der Waals surface area contributed by atoms with Crippen LogP contribution in [0.4, 0.5) is 10.7 Å². The number of benzene rings is 1. The van der Waals surface area contributed by atoms with E-state index in [1.165, 1.54) is 11.3 Å². The Bertz CT molecular complexity index is 898. The maximum Gasteiger partial charge on any atom is 0.341 e. The van der Waals surface area contributed by atoms with Gasteiger partial charge in [0.1, 0.15) is 5.00 Å². The Balaban J connectivity index is 1.76. The first-order chi connectivity index (χ1) is 13.4. The molecule has 0 saturated heterocycles. The molecule has 1 aliphatic carbocycles. The van der Waals surface area contributed by atoms with Crippen LogP contribution < -0.4 is 10.6 Å². The molecule has 0 fully saturated rings. The number of hydrogen-bond acceptors (Lipinski definition) is 5. The van der Waals surface area contributed by atoms with Crippen molar-refractivity contribution in [2.24, 2.45) is 5.92 Å². The normalized spacial score (nSPS) is 15.6. The van der Waals surface area contributed by atoms with Crippen LogP contribution >= 0.6 is 34.5 Å². The fraction of sp³-hybridized carbons (Fsp3) is 0.400. The quantitative estimate of drug-likeness (QED) is 0.589. The molecule has 5 nitrogen and oxygen atoms in total. The zero-order valence-electron chi connectivity index (χ0n) is 15.7. The molecule has 2 aromatic rings. The van der Waals surface area contributed by atoms with Gasteiger partial charge in [-0.25, -0.2) is 4.79 Å². The molecule has 0 saturated carbocycles. The summed E-state index contributed by atoms with van der Waals surface area (Å²) >= 11 is 13.6. The lowest BCUT2D eigenvalue weighted by Crippen LogP contribution is -2.23. The van der Waals surface area contributed by atoms with Crippen LogP contribution in [0.1, 0.15) is 41.1 Å². The lowest BCUT2D eigenvalue weighted by Gasteiger charge is -2.18. The number of nitrogens with one attached hydrogen (secondary N) is 2. The smallest absolute Gasteiger partial charge is 0.341 e. The largest absolute Gasteiger partial charge is 0.462 e. The van der Waals surface area contributed by atoms with E-state index in [1.54, 1.807) is 25.1 Å². The zero-order chi connectivity index (χ0) is 20.3. The highest BCUT2D eigenvalue weighted by Crippen LogP contribution is 2.40. The molecule has 1 aromatic heterocycles. The summed E-state index contributed by atoms with van der Waals surface area (Å²) in [5.41, 5.74) is 2.10. The standard InChI is InChI=1S/C20H22Cl2N2O3S/c1-3-27-20(26)17-12-8-7-11(2)9-15(12)28-19(17)24-16(25)10-23-14-6-4-5-13(21)18(14)22/h4-6,11,23H,3,7-10H2,1-2H3,(H,24,25). The first-order valence-electron chi connectivity index (χ1n) is 9.20. The van der Waals surface area contributed by atoms with Crippen molar-refractivity contribution in [3.63, 3.8) is 0 Å². The van der Waals surface area contributed by atoms with E-state index in [0.29, 0.717) is 38.8 Å². The highest BCUT2D eigenvalue weighted by atomic mass is 35.5. The monoisotopic (exact) mass is 440 g/mol. The first-order valence-corrected chi connectivity index (χ1v) is 10.8. The van der Waals surface area contributed by atoms with Crippen LogP contribution in [-0.4, -0.2) is 25.0 Å². The predicted octanol–water partition coefficient (Wildman–Crippen LogP) is 5.41. The maximum atomic E-state index is 12.5. The minimum atomic E-state index is -0.379. The minimum absolute atomic E-state index is 0.00129. The molecule has 0 radical (unpaired) electrons. The van der Waals surface area contributed by atoms with Gasteiger partial charge >= 0.3 is 5.97 Å². The highest BCUT2D eigenvalue weighted by Gasteiger charge is 2.29. The van der Waals surface area contributed by atoms with Gasteiger partial charge < -0.3 is 15.4 Å². The molecule has 0 spiro atoms. The van der Waals surface area contributed by atoms with E-state index in [-0.39, 0.29) is 18.4 Å². The van der Waals surface area contributed by atoms with Gasteiger partial charge in [0, 0.05) is 4.88 Å². The third kappa shape index (κ3) is 4.62. The Hall–Kier alpha value is -1.76. The van der Waals surface area contributed by atoms with Gasteiger partial charge in [0.05, 0.1) is 34.4 Å². The summed E-state index contributed by atoms with van der Waals surface area (Å²) in [6, 6.07) is 5.18. The second kappa shape index (κ2) is 9.16. The van der Waals surface area contributed by atoms with Gasteiger partial charge in [0.2, 0.25) is 5.91 Å². The van der Waals surface area contributed by atoms with Crippen molar-refractivity contribution in [3.8, 4) is 0 Å². The van der Waals surface area contributed by atoms with Gasteiger partial charge in [-0.3, -0.25) is 4.79 Å². The number of ether oxygens (including phenoxy) is 1. The van der Waals surface area contributed by atoms with Gasteiger partial charge in [-0.15, -0.1) is 11.3 Å². The van der Waals surface area contributed by atoms with E-state index < -0.39 is 0 Å². The van der Waals surface area contributed by atoms with Gasteiger partial charge in [0.25, 0.3) is 0 Å². The first kappa shape index (κ1) is 21.0. The molecule has 1 unspecified atom stereocenters. The fourth-order valence-corrected chi connectivity index (χ4v) is 5.03. The number of fused-ring (bicyclic) bond motifs is 1. The topological polar surface area (TPSA) is 67.4 Å². The van der Waals surface area contributed by atoms with E-state index in [4.69, 9.17) is 27.9 Å². The number of carbonyl (C=O) groups excluding carboxylic acids is 2. The molecule has 2 N–H and O–H groups in total. The zero-order valence-corrected chi connectivity index (χ0v) is 18.1. The van der Waals surface area contributed by atoms with Crippen molar-refractivity contribution in [2.45, 2.75) is 33.1 Å². The highest BCUT2D eigenvalue weighted by molar-refractivity contribution is 7.17. The number of esters is 1. The third-order valence-electron chi connectivity index (χ3n) is 4.64. The van der Waals surface area contributed by atoms with Crippen LogP contribution in [-0.2, 0) is 22.4 Å². The number of halogens is 2. The van der Waals surface area contributed by atoms with Crippen molar-refractivity contribution < 1.29 is 14.3 Å². The van der Waals surface area contributed by atoms with Crippen LogP contribution in [0.2, 0.25) is 10.0 Å². The second-order valence-corrected chi connectivity index (χ2v) is 8.67. The van der Waals surface area contributed by atoms with Crippen LogP contribution in [0.5, 0.6) is 0 Å². The summed E-state index contributed by atoms with van der Waals surface area (Å²) < 4.78 is 5.23. The number of hydrogen-bond donors (Lipinski definition) is 2. The van der Waals surface area contributed by atoms with Crippen molar-refractivity contribution in [1.29, 1.82) is 0 Å². The average molecular weight is 441 g/mol. The molecule has 0 bridgehead atoms. The summed E-state index contributed by atoms with van der Waals surface area (Å²) in [4.78, 5) is 26.2. The van der Waals surface area contributed by atoms with E-state index >= 15 is 0 Å².